The van der Waals surface area contributed by atoms with E-state index in [4.69, 9.17) is 5.11 Å². The zero-order chi connectivity index (χ0) is 9.84. The zero-order valence-corrected chi connectivity index (χ0v) is 9.16. The molecule has 13 heavy (non-hydrogen) atoms. The van der Waals surface area contributed by atoms with E-state index in [0.29, 0.717) is 12.6 Å². The van der Waals surface area contributed by atoms with Crippen molar-refractivity contribution in [1.82, 2.24) is 4.90 Å². The molecule has 0 aromatic heterocycles. The van der Waals surface area contributed by atoms with Crippen LogP contribution in [-0.2, 0) is 0 Å². The molecule has 0 aliphatic carbocycles. The van der Waals surface area contributed by atoms with Crippen LogP contribution < -0.4 is 0 Å². The average molecular weight is 185 g/mol. The number of aliphatic hydroxyl groups is 1. The first-order valence-electron chi connectivity index (χ1n) is 5.50. The molecule has 1 saturated heterocycles. The van der Waals surface area contributed by atoms with Crippen LogP contribution in [0.2, 0.25) is 0 Å². The third kappa shape index (κ3) is 2.96. The first-order chi connectivity index (χ1) is 6.15. The molecule has 0 aromatic rings. The quantitative estimate of drug-likeness (QED) is 0.705. The molecule has 1 heterocycles. The summed E-state index contributed by atoms with van der Waals surface area (Å²) in [5.74, 6) is 1.75. The highest BCUT2D eigenvalue weighted by molar-refractivity contribution is 4.85. The molecule has 0 spiro atoms. The van der Waals surface area contributed by atoms with Crippen molar-refractivity contribution in [2.24, 2.45) is 11.8 Å². The van der Waals surface area contributed by atoms with Crippen LogP contribution >= 0.6 is 0 Å². The number of nitrogens with zero attached hydrogens (tertiary/aromatic N) is 1. The van der Waals surface area contributed by atoms with Crippen LogP contribution in [0, 0.1) is 11.8 Å². The second-order valence-electron chi connectivity index (χ2n) is 4.67. The fourth-order valence-corrected chi connectivity index (χ4v) is 1.90. The van der Waals surface area contributed by atoms with Crippen molar-refractivity contribution >= 4 is 0 Å². The Morgan fingerprint density at radius 2 is 1.92 bits per heavy atom. The summed E-state index contributed by atoms with van der Waals surface area (Å²) in [6, 6.07) is 0.669. The summed E-state index contributed by atoms with van der Waals surface area (Å²) < 4.78 is 0. The molecule has 0 bridgehead atoms. The highest BCUT2D eigenvalue weighted by Crippen LogP contribution is 2.26. The van der Waals surface area contributed by atoms with E-state index in [1.54, 1.807) is 0 Å². The number of hydrogen-bond donors (Lipinski definition) is 1. The minimum atomic E-state index is 0.339. The summed E-state index contributed by atoms with van der Waals surface area (Å²) in [4.78, 5) is 2.53. The van der Waals surface area contributed by atoms with E-state index >= 15 is 0 Å². The summed E-state index contributed by atoms with van der Waals surface area (Å²) in [7, 11) is 0. The Labute approximate surface area is 81.9 Å². The van der Waals surface area contributed by atoms with E-state index in [-0.39, 0.29) is 0 Å². The SMILES string of the molecule is CC(C)C1CN(C(C)CCCO)C1. The Kier molecular flexibility index (Phi) is 4.20. The van der Waals surface area contributed by atoms with Crippen LogP contribution in [-0.4, -0.2) is 35.7 Å². The van der Waals surface area contributed by atoms with Gasteiger partial charge in [0.05, 0.1) is 0 Å². The fraction of sp³-hybridized carbons (Fsp3) is 1.00. The van der Waals surface area contributed by atoms with Crippen molar-refractivity contribution in [2.75, 3.05) is 19.7 Å². The van der Waals surface area contributed by atoms with Crippen LogP contribution in [0.5, 0.6) is 0 Å². The van der Waals surface area contributed by atoms with E-state index in [0.717, 1.165) is 24.7 Å². The maximum Gasteiger partial charge on any atom is 0.0431 e. The van der Waals surface area contributed by atoms with Crippen molar-refractivity contribution in [3.8, 4) is 0 Å². The molecule has 1 unspecified atom stereocenters. The molecule has 1 fully saturated rings. The van der Waals surface area contributed by atoms with Crippen molar-refractivity contribution in [2.45, 2.75) is 39.7 Å². The van der Waals surface area contributed by atoms with Gasteiger partial charge in [-0.05, 0) is 31.6 Å². The van der Waals surface area contributed by atoms with Gasteiger partial charge in [0.2, 0.25) is 0 Å². The zero-order valence-electron chi connectivity index (χ0n) is 9.16. The van der Waals surface area contributed by atoms with Crippen LogP contribution in [0.4, 0.5) is 0 Å². The monoisotopic (exact) mass is 185 g/mol. The average Bonchev–Trinajstić information content (AvgIpc) is 1.97. The topological polar surface area (TPSA) is 23.5 Å². The van der Waals surface area contributed by atoms with Gasteiger partial charge in [-0.25, -0.2) is 0 Å². The van der Waals surface area contributed by atoms with Gasteiger partial charge in [0, 0.05) is 25.7 Å². The minimum absolute atomic E-state index is 0.339. The molecule has 1 rings (SSSR count). The van der Waals surface area contributed by atoms with Gasteiger partial charge in [0.1, 0.15) is 0 Å². The molecule has 0 aromatic carbocycles. The summed E-state index contributed by atoms with van der Waals surface area (Å²) in [6.07, 6.45) is 2.09. The van der Waals surface area contributed by atoms with Gasteiger partial charge < -0.3 is 5.11 Å². The van der Waals surface area contributed by atoms with E-state index in [1.165, 1.54) is 13.1 Å². The van der Waals surface area contributed by atoms with E-state index in [9.17, 15) is 0 Å². The lowest BCUT2D eigenvalue weighted by molar-refractivity contribution is 0.0290. The lowest BCUT2D eigenvalue weighted by Crippen LogP contribution is -2.52. The summed E-state index contributed by atoms with van der Waals surface area (Å²) in [6.45, 7) is 9.76. The predicted octanol–water partition coefficient (Wildman–Crippen LogP) is 1.74. The Balaban J connectivity index is 2.11. The number of hydrogen-bond acceptors (Lipinski definition) is 2. The molecule has 1 aliphatic heterocycles. The molecule has 78 valence electrons. The first-order valence-corrected chi connectivity index (χ1v) is 5.50. The molecular weight excluding hydrogens is 162 g/mol. The van der Waals surface area contributed by atoms with Crippen molar-refractivity contribution in [3.63, 3.8) is 0 Å². The van der Waals surface area contributed by atoms with Gasteiger partial charge in [-0.15, -0.1) is 0 Å². The smallest absolute Gasteiger partial charge is 0.0431 e. The molecule has 1 aliphatic rings. The van der Waals surface area contributed by atoms with Gasteiger partial charge in [-0.3, -0.25) is 4.90 Å². The highest BCUT2D eigenvalue weighted by atomic mass is 16.2. The minimum Gasteiger partial charge on any atom is -0.396 e. The fourth-order valence-electron chi connectivity index (χ4n) is 1.90. The van der Waals surface area contributed by atoms with Gasteiger partial charge >= 0.3 is 0 Å². The normalized spacial score (nSPS) is 21.9. The van der Waals surface area contributed by atoms with Gasteiger partial charge in [-0.2, -0.15) is 0 Å². The highest BCUT2D eigenvalue weighted by Gasteiger charge is 2.31. The van der Waals surface area contributed by atoms with Gasteiger partial charge in [0.15, 0.2) is 0 Å². The Hall–Kier alpha value is -0.0800. The molecule has 0 radical (unpaired) electrons. The third-order valence-electron chi connectivity index (χ3n) is 3.28. The molecule has 2 heteroatoms. The Morgan fingerprint density at radius 3 is 2.38 bits per heavy atom. The Morgan fingerprint density at radius 1 is 1.31 bits per heavy atom. The first kappa shape index (κ1) is 11.0. The van der Waals surface area contributed by atoms with Gasteiger partial charge in [-0.1, -0.05) is 13.8 Å². The number of likely N-dealkylation sites (tertiary alicyclic amines) is 1. The maximum absolute atomic E-state index is 8.71. The number of aliphatic hydroxyl groups excluding tert-OH is 1. The summed E-state index contributed by atoms with van der Waals surface area (Å²) >= 11 is 0. The van der Waals surface area contributed by atoms with E-state index < -0.39 is 0 Å². The second-order valence-corrected chi connectivity index (χ2v) is 4.67. The van der Waals surface area contributed by atoms with E-state index in [1.807, 2.05) is 0 Å². The number of rotatable bonds is 5. The largest absolute Gasteiger partial charge is 0.396 e. The second kappa shape index (κ2) is 4.97. The maximum atomic E-state index is 8.71. The molecule has 0 amide bonds. The summed E-state index contributed by atoms with van der Waals surface area (Å²) in [5.41, 5.74) is 0. The third-order valence-corrected chi connectivity index (χ3v) is 3.28. The molecular formula is C11H23NO. The van der Waals surface area contributed by atoms with Crippen LogP contribution in [0.1, 0.15) is 33.6 Å². The van der Waals surface area contributed by atoms with Crippen molar-refractivity contribution in [1.29, 1.82) is 0 Å². The van der Waals surface area contributed by atoms with Crippen LogP contribution in [0.15, 0.2) is 0 Å². The molecule has 1 N–H and O–H groups in total. The molecule has 2 nitrogen and oxygen atoms in total. The molecule has 0 saturated carbocycles. The van der Waals surface area contributed by atoms with Gasteiger partial charge in [0.25, 0.3) is 0 Å². The van der Waals surface area contributed by atoms with Crippen molar-refractivity contribution in [3.05, 3.63) is 0 Å². The summed E-state index contributed by atoms with van der Waals surface area (Å²) in [5, 5.41) is 8.71. The predicted molar refractivity (Wildman–Crippen MR) is 55.7 cm³/mol. The van der Waals surface area contributed by atoms with Crippen LogP contribution in [0.3, 0.4) is 0 Å². The van der Waals surface area contributed by atoms with Crippen molar-refractivity contribution < 1.29 is 5.11 Å². The van der Waals surface area contributed by atoms with E-state index in [2.05, 4.69) is 25.7 Å². The Bertz CT molecular complexity index is 141. The molecule has 1 atom stereocenters. The lowest BCUT2D eigenvalue weighted by atomic mass is 9.87. The van der Waals surface area contributed by atoms with Crippen LogP contribution in [0.25, 0.3) is 0 Å². The standard InChI is InChI=1S/C11H23NO/c1-9(2)11-7-12(8-11)10(3)5-4-6-13/h9-11,13H,4-8H2,1-3H3. The lowest BCUT2D eigenvalue weighted by Gasteiger charge is -2.45.